The van der Waals surface area contributed by atoms with Crippen molar-refractivity contribution < 1.29 is 71.5 Å². The molecule has 0 heterocycles. The third-order valence-electron chi connectivity index (χ3n) is 3.23. The molecule has 0 rings (SSSR count). The molecule has 9 nitrogen and oxygen atoms in total. The van der Waals surface area contributed by atoms with Crippen molar-refractivity contribution in [2.45, 2.75) is 39.4 Å². The summed E-state index contributed by atoms with van der Waals surface area (Å²) in [6.45, 7) is 8.57. The van der Waals surface area contributed by atoms with Gasteiger partial charge in [0.15, 0.2) is 0 Å². The second-order valence-corrected chi connectivity index (χ2v) is 7.31. The number of ether oxygens (including phenoxy) is 2. The van der Waals surface area contributed by atoms with Crippen molar-refractivity contribution in [1.29, 1.82) is 0 Å². The van der Waals surface area contributed by atoms with Crippen molar-refractivity contribution >= 4 is 28.0 Å². The normalized spacial score (nSPS) is 14.2. The topological polar surface area (TPSA) is 144 Å². The Balaban J connectivity index is -0.000000665. The molecule has 1 unspecified atom stereocenters. The van der Waals surface area contributed by atoms with Crippen molar-refractivity contribution in [2.24, 2.45) is 5.41 Å². The van der Waals surface area contributed by atoms with Crippen LogP contribution >= 0.6 is 0 Å². The molecule has 2 N–H and O–H groups in total. The van der Waals surface area contributed by atoms with Crippen molar-refractivity contribution in [2.75, 3.05) is 13.2 Å². The quantitative estimate of drug-likeness (QED) is 0.152. The van der Waals surface area contributed by atoms with E-state index in [0.717, 1.165) is 0 Å². The first-order valence-corrected chi connectivity index (χ1v) is 9.48. The molecule has 0 fully saturated rings. The van der Waals surface area contributed by atoms with E-state index in [2.05, 4.69) is 6.92 Å². The van der Waals surface area contributed by atoms with Crippen LogP contribution in [0.5, 0.6) is 0 Å². The minimum atomic E-state index is -3.85. The monoisotopic (exact) mass is 430 g/mol. The summed E-state index contributed by atoms with van der Waals surface area (Å²) in [6.07, 6.45) is 5.52. The molecule has 0 aliphatic heterocycles. The van der Waals surface area contributed by atoms with E-state index in [0.29, 0.717) is 0 Å². The van der Waals surface area contributed by atoms with E-state index in [9.17, 15) is 27.9 Å². The summed E-state index contributed by atoms with van der Waals surface area (Å²) in [5.41, 5.74) is -1.44. The first-order valence-electron chi connectivity index (χ1n) is 7.98. The van der Waals surface area contributed by atoms with Crippen molar-refractivity contribution in [3.05, 3.63) is 31.2 Å². The molecule has 0 radical (unpaired) electrons. The third-order valence-corrected chi connectivity index (χ3v) is 4.24. The summed E-state index contributed by atoms with van der Waals surface area (Å²) in [5.74, 6) is -2.45. The maximum atomic E-state index is 11.4. The van der Waals surface area contributed by atoms with Gasteiger partial charge in [0.1, 0.15) is 18.6 Å². The fraction of sp³-hybridized carbons (Fsp3) is 0.529. The van der Waals surface area contributed by atoms with E-state index >= 15 is 0 Å². The average Bonchev–Trinajstić information content (AvgIpc) is 2.55. The molecule has 0 saturated heterocycles. The molecule has 1 atom stereocenters. The predicted molar refractivity (Wildman–Crippen MR) is 98.3 cm³/mol. The second kappa shape index (κ2) is 15.7. The number of carbonyl (C=O) groups excluding carboxylic acids is 2. The van der Waals surface area contributed by atoms with E-state index in [1.165, 1.54) is 31.2 Å². The molecular weight excluding hydrogens is 403 g/mol. The summed E-state index contributed by atoms with van der Waals surface area (Å²) in [4.78, 5) is 33.9. The Kier molecular flexibility index (Phi) is 17.6. The Hall–Kier alpha value is -1.20. The summed E-state index contributed by atoms with van der Waals surface area (Å²) >= 11 is 0. The number of hydrogen-bond acceptors (Lipinski definition) is 7. The molecule has 0 saturated carbocycles. The maximum absolute atomic E-state index is 11.4. The van der Waals surface area contributed by atoms with Crippen LogP contribution in [0.25, 0.3) is 0 Å². The molecule has 0 aliphatic carbocycles. The Labute approximate surface area is 188 Å². The molecule has 0 amide bonds. The van der Waals surface area contributed by atoms with Gasteiger partial charge < -0.3 is 21.5 Å². The minimum Gasteiger partial charge on any atom is -0.481 e. The molecule has 0 bridgehead atoms. The zero-order valence-corrected chi connectivity index (χ0v) is 19.7. The van der Waals surface area contributed by atoms with E-state index < -0.39 is 38.7 Å². The first-order chi connectivity index (χ1) is 12.4. The van der Waals surface area contributed by atoms with Crippen LogP contribution in [0, 0.1) is 12.3 Å². The van der Waals surface area contributed by atoms with Gasteiger partial charge in [-0.2, -0.15) is 0 Å². The molecule has 28 heavy (non-hydrogen) atoms. The van der Waals surface area contributed by atoms with E-state index in [1.807, 2.05) is 0 Å². The molecule has 0 aromatic heterocycles. The number of rotatable bonds is 9. The van der Waals surface area contributed by atoms with Crippen LogP contribution in [0.4, 0.5) is 0 Å². The van der Waals surface area contributed by atoms with Crippen LogP contribution in [0.15, 0.2) is 24.3 Å². The number of carboxylic acids is 1. The summed E-state index contributed by atoms with van der Waals surface area (Å²) in [5, 5.41) is 8.37. The van der Waals surface area contributed by atoms with E-state index in [4.69, 9.17) is 14.0 Å². The van der Waals surface area contributed by atoms with Gasteiger partial charge in [-0.15, -0.1) is 0 Å². The molecular formula is C17H27NaO9S. The SMILES string of the molecule is CC=CC(=O)OCC(CC)(COC(=O)C=CC)C(=O)O.[CH2-]C(C)S(=O)(=O)O.[Na+]. The fourth-order valence-corrected chi connectivity index (χ4v) is 1.31. The van der Waals surface area contributed by atoms with Gasteiger partial charge in [-0.25, -0.2) is 18.0 Å². The van der Waals surface area contributed by atoms with Gasteiger partial charge in [0, 0.05) is 12.2 Å². The average molecular weight is 430 g/mol. The summed E-state index contributed by atoms with van der Waals surface area (Å²) in [7, 11) is -3.85. The molecule has 11 heteroatoms. The number of carbonyl (C=O) groups is 3. The molecule has 0 spiro atoms. The Morgan fingerprint density at radius 2 is 1.39 bits per heavy atom. The van der Waals surface area contributed by atoms with Crippen LogP contribution in [0.3, 0.4) is 0 Å². The minimum absolute atomic E-state index is 0. The second-order valence-electron chi connectivity index (χ2n) is 5.48. The molecule has 0 aliphatic rings. The summed E-state index contributed by atoms with van der Waals surface area (Å²) in [6, 6.07) is 0. The number of allylic oxidation sites excluding steroid dienone is 2. The maximum Gasteiger partial charge on any atom is 1.00 e. The Morgan fingerprint density at radius 1 is 1.07 bits per heavy atom. The van der Waals surface area contributed by atoms with Crippen LogP contribution in [-0.2, 0) is 34.0 Å². The standard InChI is InChI=1S/C14H20O6.C3H7O3S.Na/c1-4-7-11(15)19-9-14(6-3,13(17)18)10-20-12(16)8-5-2;1-3(2)7(4,5)6;/h4-5,7-8H,6,9-10H2,1-3H3,(H,17,18);3H,1H2,2H3,(H,4,5,6);/q;-1;+1. The number of carboxylic acid groups (broad SMARTS) is 1. The zero-order valence-electron chi connectivity index (χ0n) is 16.9. The zero-order chi connectivity index (χ0) is 21.7. The van der Waals surface area contributed by atoms with Crippen molar-refractivity contribution in [3.63, 3.8) is 0 Å². The smallest absolute Gasteiger partial charge is 0.481 e. The van der Waals surface area contributed by atoms with Gasteiger partial charge in [0.25, 0.3) is 0 Å². The number of aliphatic carboxylic acids is 1. The number of hydrogen-bond donors (Lipinski definition) is 2. The van der Waals surface area contributed by atoms with Gasteiger partial charge >= 0.3 is 47.5 Å². The van der Waals surface area contributed by atoms with Crippen LogP contribution < -0.4 is 29.6 Å². The molecule has 156 valence electrons. The fourth-order valence-electron chi connectivity index (χ4n) is 1.31. The van der Waals surface area contributed by atoms with Crippen molar-refractivity contribution in [1.82, 2.24) is 0 Å². The summed E-state index contributed by atoms with van der Waals surface area (Å²) < 4.78 is 37.4. The van der Waals surface area contributed by atoms with E-state index in [1.54, 1.807) is 20.8 Å². The van der Waals surface area contributed by atoms with Crippen LogP contribution in [0.2, 0.25) is 0 Å². The van der Waals surface area contributed by atoms with Gasteiger partial charge in [-0.05, 0) is 25.5 Å². The van der Waals surface area contributed by atoms with Gasteiger partial charge in [0.05, 0.1) is 0 Å². The van der Waals surface area contributed by atoms with Crippen LogP contribution in [0.1, 0.15) is 34.1 Å². The predicted octanol–water partition coefficient (Wildman–Crippen LogP) is -1.19. The van der Waals surface area contributed by atoms with Crippen LogP contribution in [-0.4, -0.2) is 54.4 Å². The van der Waals surface area contributed by atoms with Gasteiger partial charge in [-0.3, -0.25) is 9.35 Å². The third kappa shape index (κ3) is 13.9. The molecule has 0 aromatic carbocycles. The molecule has 0 aromatic rings. The van der Waals surface area contributed by atoms with Gasteiger partial charge in [0.2, 0.25) is 10.1 Å². The Morgan fingerprint density at radius 3 is 1.57 bits per heavy atom. The first kappa shape index (κ1) is 31.5. The van der Waals surface area contributed by atoms with Crippen molar-refractivity contribution in [3.8, 4) is 0 Å². The largest absolute Gasteiger partial charge is 1.00 e. The number of esters is 2. The van der Waals surface area contributed by atoms with Gasteiger partial charge in [-0.1, -0.05) is 26.0 Å². The van der Waals surface area contributed by atoms with E-state index in [-0.39, 0.29) is 49.2 Å². The Bertz CT molecular complexity index is 624.